The molecule has 0 aromatic carbocycles. The smallest absolute Gasteiger partial charge is 0.147 e. The Hall–Kier alpha value is 0.939. The van der Waals surface area contributed by atoms with Crippen molar-refractivity contribution < 1.29 is 18.9 Å². The van der Waals surface area contributed by atoms with Crippen LogP contribution in [0.3, 0.4) is 0 Å². The molecule has 0 aliphatic heterocycles. The van der Waals surface area contributed by atoms with Crippen LogP contribution in [-0.4, -0.2) is 0 Å². The third-order valence-corrected chi connectivity index (χ3v) is 4.32. The molecule has 0 bridgehead atoms. The van der Waals surface area contributed by atoms with Crippen LogP contribution in [0.4, 0.5) is 0 Å². The third-order valence-electron chi connectivity index (χ3n) is 3.47. The van der Waals surface area contributed by atoms with Crippen molar-refractivity contribution in [1.82, 2.24) is 0 Å². The minimum absolute atomic E-state index is 0. The fourth-order valence-electron chi connectivity index (χ4n) is 2.28. The molecule has 0 aromatic rings. The van der Waals surface area contributed by atoms with Crippen LogP contribution < -0.4 is 0 Å². The summed E-state index contributed by atoms with van der Waals surface area (Å²) in [5, 5.41) is 0. The first-order chi connectivity index (χ1) is 8.41. The molecule has 0 aromatic heterocycles. The normalized spacial score (nSPS) is 10.4. The maximum atomic E-state index is 2.29. The van der Waals surface area contributed by atoms with Crippen molar-refractivity contribution in [3.63, 3.8) is 0 Å². The van der Waals surface area contributed by atoms with Crippen molar-refractivity contribution in [1.29, 1.82) is 0 Å². The van der Waals surface area contributed by atoms with Gasteiger partial charge in [0.15, 0.2) is 0 Å². The molecule has 0 radical (unpaired) electrons. The van der Waals surface area contributed by atoms with E-state index in [9.17, 15) is 0 Å². The predicted octanol–water partition coefficient (Wildman–Crippen LogP) is 6.85. The van der Waals surface area contributed by atoms with E-state index >= 15 is 0 Å². The van der Waals surface area contributed by atoms with Gasteiger partial charge in [-0.1, -0.05) is 26.2 Å². The molecule has 0 saturated carbocycles. The Kier molecular flexibility index (Phi) is 23.9. The SMILES string of the molecule is CCCCCCCCCCCCCCC[CH2][Ir].Cl. The van der Waals surface area contributed by atoms with E-state index in [2.05, 4.69) is 25.8 Å². The number of rotatable bonds is 14. The van der Waals surface area contributed by atoms with E-state index in [1.807, 2.05) is 0 Å². The van der Waals surface area contributed by atoms with Crippen LogP contribution in [-0.2, 0) is 18.9 Å². The number of hydrogen-bond acceptors (Lipinski definition) is 0. The van der Waals surface area contributed by atoms with E-state index in [1.54, 1.807) is 0 Å². The quantitative estimate of drug-likeness (QED) is 0.252. The average Bonchev–Trinajstić information content (AvgIpc) is 2.35. The Morgan fingerprint density at radius 3 is 1.06 bits per heavy atom. The van der Waals surface area contributed by atoms with Gasteiger partial charge in [-0.25, -0.2) is 0 Å². The first kappa shape index (κ1) is 21.2. The summed E-state index contributed by atoms with van der Waals surface area (Å²) >= 11 is 2.29. The topological polar surface area (TPSA) is 0 Å². The zero-order valence-corrected chi connectivity index (χ0v) is 15.6. The summed E-state index contributed by atoms with van der Waals surface area (Å²) in [7, 11) is 0. The van der Waals surface area contributed by atoms with Gasteiger partial charge in [0.1, 0.15) is 0 Å². The zero-order valence-electron chi connectivity index (χ0n) is 12.3. The summed E-state index contributed by atoms with van der Waals surface area (Å²) < 4.78 is 0. The number of hydrogen-bond donors (Lipinski definition) is 0. The zero-order chi connectivity index (χ0) is 12.6. The van der Waals surface area contributed by atoms with Crippen LogP contribution in [0.5, 0.6) is 0 Å². The Bertz CT molecular complexity index is 114. The van der Waals surface area contributed by atoms with Gasteiger partial charge in [-0.3, -0.25) is 0 Å². The fraction of sp³-hybridized carbons (Fsp3) is 1.00. The molecule has 0 spiro atoms. The summed E-state index contributed by atoms with van der Waals surface area (Å²) in [6.07, 6.45) is 20.5. The Morgan fingerprint density at radius 1 is 0.500 bits per heavy atom. The van der Waals surface area contributed by atoms with Gasteiger partial charge in [0.25, 0.3) is 0 Å². The molecular weight excluding hydrogens is 420 g/mol. The van der Waals surface area contributed by atoms with Gasteiger partial charge in [-0.15, -0.1) is 12.4 Å². The summed E-state index contributed by atoms with van der Waals surface area (Å²) in [5.41, 5.74) is 0. The second-order valence-electron chi connectivity index (χ2n) is 5.26. The van der Waals surface area contributed by atoms with Gasteiger partial charge in [0, 0.05) is 0 Å². The second-order valence-corrected chi connectivity index (χ2v) is 6.46. The van der Waals surface area contributed by atoms with Crippen LogP contribution in [0.2, 0.25) is 4.93 Å². The van der Waals surface area contributed by atoms with Crippen molar-refractivity contribution in [3.8, 4) is 0 Å². The van der Waals surface area contributed by atoms with Gasteiger partial charge in [-0.05, 0) is 0 Å². The number of unbranched alkanes of at least 4 members (excludes halogenated alkanes) is 13. The Balaban J connectivity index is 0. The largest absolute Gasteiger partial charge is 0.147 e. The van der Waals surface area contributed by atoms with E-state index in [-0.39, 0.29) is 12.4 Å². The van der Waals surface area contributed by atoms with E-state index < -0.39 is 0 Å². The molecule has 0 nitrogen and oxygen atoms in total. The molecule has 2 heteroatoms. The molecular formula is C16H34ClIr. The molecule has 0 fully saturated rings. The molecule has 0 N–H and O–H groups in total. The summed E-state index contributed by atoms with van der Waals surface area (Å²) in [5.74, 6) is 0. The predicted molar refractivity (Wildman–Crippen MR) is 82.4 cm³/mol. The molecule has 0 unspecified atom stereocenters. The fourth-order valence-corrected chi connectivity index (χ4v) is 2.88. The molecule has 0 aliphatic carbocycles. The van der Waals surface area contributed by atoms with Crippen molar-refractivity contribution >= 4 is 12.4 Å². The maximum absolute atomic E-state index is 2.29. The Labute approximate surface area is 133 Å². The van der Waals surface area contributed by atoms with Gasteiger partial charge >= 0.3 is 94.5 Å². The van der Waals surface area contributed by atoms with E-state index in [0.717, 1.165) is 0 Å². The van der Waals surface area contributed by atoms with Crippen molar-refractivity contribution in [2.24, 2.45) is 0 Å². The standard InChI is InChI=1S/C16H33.ClH.Ir/c1-3-5-7-9-11-13-15-16-14-12-10-8-6-4-2;;/h1,3-16H2,2H3;1H;. The van der Waals surface area contributed by atoms with Crippen LogP contribution in [0.25, 0.3) is 0 Å². The summed E-state index contributed by atoms with van der Waals surface area (Å²) in [4.78, 5) is 1.37. The molecule has 114 valence electrons. The summed E-state index contributed by atoms with van der Waals surface area (Å²) in [6.45, 7) is 2.29. The average molecular weight is 454 g/mol. The van der Waals surface area contributed by atoms with Crippen molar-refractivity contribution in [2.45, 2.75) is 102 Å². The second kappa shape index (κ2) is 20.3. The van der Waals surface area contributed by atoms with E-state index in [1.165, 1.54) is 94.8 Å². The van der Waals surface area contributed by atoms with Gasteiger partial charge in [0.2, 0.25) is 0 Å². The van der Waals surface area contributed by atoms with Gasteiger partial charge in [0.05, 0.1) is 0 Å². The van der Waals surface area contributed by atoms with E-state index in [0.29, 0.717) is 0 Å². The first-order valence-corrected chi connectivity index (χ1v) is 9.64. The molecule has 0 amide bonds. The van der Waals surface area contributed by atoms with Crippen LogP contribution >= 0.6 is 12.4 Å². The summed E-state index contributed by atoms with van der Waals surface area (Å²) in [6, 6.07) is 0. The van der Waals surface area contributed by atoms with Crippen molar-refractivity contribution in [3.05, 3.63) is 0 Å². The number of halogens is 1. The Morgan fingerprint density at radius 2 is 0.778 bits per heavy atom. The van der Waals surface area contributed by atoms with E-state index in [4.69, 9.17) is 0 Å². The molecule has 0 rings (SSSR count). The van der Waals surface area contributed by atoms with Crippen LogP contribution in [0, 0.1) is 0 Å². The molecule has 0 atom stereocenters. The van der Waals surface area contributed by atoms with Crippen LogP contribution in [0.15, 0.2) is 0 Å². The molecule has 0 aliphatic rings. The molecule has 18 heavy (non-hydrogen) atoms. The molecule has 0 saturated heterocycles. The molecule has 0 heterocycles. The van der Waals surface area contributed by atoms with Gasteiger partial charge < -0.3 is 0 Å². The van der Waals surface area contributed by atoms with Crippen molar-refractivity contribution in [2.75, 3.05) is 0 Å². The monoisotopic (exact) mass is 454 g/mol. The third kappa shape index (κ3) is 19.3. The minimum Gasteiger partial charge on any atom is -0.147 e. The maximum Gasteiger partial charge on any atom is -0.147 e. The van der Waals surface area contributed by atoms with Gasteiger partial charge in [-0.2, -0.15) is 0 Å². The minimum atomic E-state index is 0. The first-order valence-electron chi connectivity index (χ1n) is 7.94. The van der Waals surface area contributed by atoms with Crippen LogP contribution in [0.1, 0.15) is 96.8 Å².